The van der Waals surface area contributed by atoms with E-state index >= 15 is 4.39 Å². The molecule has 4 aliphatic rings. The zero-order valence-electron chi connectivity index (χ0n) is 15.5. The number of imide groups is 2. The van der Waals surface area contributed by atoms with Crippen molar-refractivity contribution in [2.45, 2.75) is 37.6 Å². The molecule has 29 heavy (non-hydrogen) atoms. The Morgan fingerprint density at radius 1 is 0.966 bits per heavy atom. The van der Waals surface area contributed by atoms with Gasteiger partial charge in [-0.3, -0.25) is 29.4 Å². The van der Waals surface area contributed by atoms with Gasteiger partial charge in [-0.2, -0.15) is 0 Å². The van der Waals surface area contributed by atoms with E-state index in [1.165, 1.54) is 0 Å². The van der Waals surface area contributed by atoms with Crippen molar-refractivity contribution in [3.63, 3.8) is 0 Å². The molecule has 0 spiro atoms. The van der Waals surface area contributed by atoms with E-state index in [0.29, 0.717) is 13.1 Å². The number of benzene rings is 1. The van der Waals surface area contributed by atoms with Crippen molar-refractivity contribution in [1.29, 1.82) is 0 Å². The van der Waals surface area contributed by atoms with Crippen LogP contribution in [0.25, 0.3) is 0 Å². The van der Waals surface area contributed by atoms with Gasteiger partial charge < -0.3 is 5.32 Å². The summed E-state index contributed by atoms with van der Waals surface area (Å²) in [5, 5.41) is 5.39. The van der Waals surface area contributed by atoms with Crippen LogP contribution < -0.4 is 10.6 Å². The number of halogens is 2. The molecular weight excluding hydrogens is 384 g/mol. The second-order valence-electron chi connectivity index (χ2n) is 8.24. The summed E-state index contributed by atoms with van der Waals surface area (Å²) in [5.74, 6) is -5.32. The lowest BCUT2D eigenvalue weighted by atomic mass is 9.77. The molecule has 1 aliphatic carbocycles. The first-order chi connectivity index (χ1) is 13.9. The Bertz CT molecular complexity index is 963. The monoisotopic (exact) mass is 403 g/mol. The number of amides is 4. The van der Waals surface area contributed by atoms with E-state index in [1.54, 1.807) is 0 Å². The van der Waals surface area contributed by atoms with Crippen LogP contribution in [0.5, 0.6) is 0 Å². The first kappa shape index (κ1) is 18.4. The number of fused-ring (bicyclic) bond motifs is 3. The summed E-state index contributed by atoms with van der Waals surface area (Å²) < 4.78 is 29.5. The maximum absolute atomic E-state index is 15.0. The number of nitrogens with one attached hydrogen (secondary N) is 2. The molecular formula is C20H19F2N3O4. The summed E-state index contributed by atoms with van der Waals surface area (Å²) in [6.45, 7) is 1.29. The van der Waals surface area contributed by atoms with Crippen molar-refractivity contribution in [1.82, 2.24) is 15.5 Å². The van der Waals surface area contributed by atoms with E-state index in [2.05, 4.69) is 10.6 Å². The minimum atomic E-state index is -1.16. The first-order valence-corrected chi connectivity index (χ1v) is 9.82. The fourth-order valence-corrected chi connectivity index (χ4v) is 5.47. The minimum Gasteiger partial charge on any atom is -0.316 e. The van der Waals surface area contributed by atoms with Gasteiger partial charge in [-0.25, -0.2) is 8.78 Å². The van der Waals surface area contributed by atoms with Crippen LogP contribution >= 0.6 is 0 Å². The maximum atomic E-state index is 15.0. The SMILES string of the molecule is O=C1CCC(N2C(=O)c3cc(F)c(F)c(C4C5CCC4CNC5)c3C2=O)C(=O)N1. The Balaban J connectivity index is 1.62. The number of hydrogen-bond acceptors (Lipinski definition) is 5. The van der Waals surface area contributed by atoms with Crippen LogP contribution in [0.4, 0.5) is 8.78 Å². The lowest BCUT2D eigenvalue weighted by Gasteiger charge is -2.32. The van der Waals surface area contributed by atoms with Gasteiger partial charge in [-0.05, 0) is 56.2 Å². The number of rotatable bonds is 2. The molecule has 3 unspecified atom stereocenters. The Morgan fingerprint density at radius 3 is 2.31 bits per heavy atom. The van der Waals surface area contributed by atoms with Gasteiger partial charge in [0.1, 0.15) is 6.04 Å². The molecule has 7 nitrogen and oxygen atoms in total. The summed E-state index contributed by atoms with van der Waals surface area (Å²) in [7, 11) is 0. The summed E-state index contributed by atoms with van der Waals surface area (Å²) in [5.41, 5.74) is -0.351. The van der Waals surface area contributed by atoms with Crippen LogP contribution in [-0.4, -0.2) is 47.7 Å². The van der Waals surface area contributed by atoms with E-state index in [-0.39, 0.29) is 47.3 Å². The average Bonchev–Trinajstić information content (AvgIpc) is 3.05. The zero-order chi connectivity index (χ0) is 20.4. The van der Waals surface area contributed by atoms with Crippen molar-refractivity contribution in [3.05, 3.63) is 34.4 Å². The lowest BCUT2D eigenvalue weighted by Crippen LogP contribution is -2.54. The molecule has 2 N–H and O–H groups in total. The molecule has 1 saturated carbocycles. The standard InChI is InChI=1S/C20H19F2N3O4/c21-11-5-10-15(16(17(11)22)14-8-1-2-9(14)7-23-6-8)20(29)25(19(10)28)12-3-4-13(26)24-18(12)27/h5,8-9,12,14,23H,1-4,6-7H2,(H,24,26,27). The first-order valence-electron chi connectivity index (χ1n) is 9.82. The topological polar surface area (TPSA) is 95.6 Å². The zero-order valence-corrected chi connectivity index (χ0v) is 15.5. The van der Waals surface area contributed by atoms with Gasteiger partial charge in [-0.1, -0.05) is 0 Å². The van der Waals surface area contributed by atoms with Gasteiger partial charge in [0.2, 0.25) is 11.8 Å². The Kier molecular flexibility index (Phi) is 4.06. The fraction of sp³-hybridized carbons (Fsp3) is 0.500. The Morgan fingerprint density at radius 2 is 1.66 bits per heavy atom. The highest BCUT2D eigenvalue weighted by Crippen LogP contribution is 2.49. The molecule has 2 bridgehead atoms. The van der Waals surface area contributed by atoms with E-state index in [1.807, 2.05) is 0 Å². The summed E-state index contributed by atoms with van der Waals surface area (Å²) in [4.78, 5) is 50.6. The van der Waals surface area contributed by atoms with Crippen LogP contribution in [-0.2, 0) is 9.59 Å². The molecule has 4 amide bonds. The highest BCUT2D eigenvalue weighted by molar-refractivity contribution is 6.24. The van der Waals surface area contributed by atoms with Gasteiger partial charge in [0.05, 0.1) is 11.1 Å². The van der Waals surface area contributed by atoms with Crippen LogP contribution in [0.15, 0.2) is 6.07 Å². The molecule has 3 atom stereocenters. The van der Waals surface area contributed by atoms with Crippen LogP contribution in [0.2, 0.25) is 0 Å². The van der Waals surface area contributed by atoms with Crippen molar-refractivity contribution in [3.8, 4) is 0 Å². The number of nitrogens with zero attached hydrogens (tertiary/aromatic N) is 1. The van der Waals surface area contributed by atoms with Crippen molar-refractivity contribution in [2.75, 3.05) is 13.1 Å². The second-order valence-corrected chi connectivity index (χ2v) is 8.24. The van der Waals surface area contributed by atoms with Crippen LogP contribution in [0, 0.1) is 23.5 Å². The quantitative estimate of drug-likeness (QED) is 0.721. The molecule has 5 rings (SSSR count). The molecule has 152 valence electrons. The van der Waals surface area contributed by atoms with E-state index in [0.717, 1.165) is 23.8 Å². The fourth-order valence-electron chi connectivity index (χ4n) is 5.47. The van der Waals surface area contributed by atoms with Crippen LogP contribution in [0.3, 0.4) is 0 Å². The van der Waals surface area contributed by atoms with Gasteiger partial charge in [-0.15, -0.1) is 0 Å². The van der Waals surface area contributed by atoms with Gasteiger partial charge >= 0.3 is 0 Å². The normalized spacial score (nSPS) is 31.3. The molecule has 3 fully saturated rings. The number of carbonyl (C=O) groups is 4. The van der Waals surface area contributed by atoms with Gasteiger partial charge in [0.15, 0.2) is 11.6 Å². The third-order valence-electron chi connectivity index (χ3n) is 6.73. The van der Waals surface area contributed by atoms with Crippen molar-refractivity contribution in [2.24, 2.45) is 11.8 Å². The Hall–Kier alpha value is -2.68. The lowest BCUT2D eigenvalue weighted by molar-refractivity contribution is -0.136. The smallest absolute Gasteiger partial charge is 0.262 e. The summed E-state index contributed by atoms with van der Waals surface area (Å²) in [6, 6.07) is -0.410. The summed E-state index contributed by atoms with van der Waals surface area (Å²) in [6.07, 6.45) is 1.66. The number of piperidine rings is 2. The largest absolute Gasteiger partial charge is 0.316 e. The predicted octanol–water partition coefficient (Wildman–Crippen LogP) is 1.08. The van der Waals surface area contributed by atoms with Gasteiger partial charge in [0.25, 0.3) is 11.8 Å². The molecule has 3 heterocycles. The predicted molar refractivity (Wildman–Crippen MR) is 94.9 cm³/mol. The van der Waals surface area contributed by atoms with Crippen LogP contribution in [0.1, 0.15) is 57.9 Å². The molecule has 9 heteroatoms. The van der Waals surface area contributed by atoms with Crippen molar-refractivity contribution < 1.29 is 28.0 Å². The molecule has 0 aromatic heterocycles. The second kappa shape index (κ2) is 6.41. The van der Waals surface area contributed by atoms with E-state index in [9.17, 15) is 23.6 Å². The van der Waals surface area contributed by atoms with Crippen molar-refractivity contribution >= 4 is 23.6 Å². The van der Waals surface area contributed by atoms with E-state index in [4.69, 9.17) is 0 Å². The number of hydrogen-bond donors (Lipinski definition) is 2. The van der Waals surface area contributed by atoms with E-state index < -0.39 is 41.3 Å². The molecule has 2 saturated heterocycles. The third-order valence-corrected chi connectivity index (χ3v) is 6.73. The van der Waals surface area contributed by atoms with Gasteiger partial charge in [0, 0.05) is 12.0 Å². The molecule has 3 aliphatic heterocycles. The highest BCUT2D eigenvalue weighted by atomic mass is 19.2. The maximum Gasteiger partial charge on any atom is 0.262 e. The minimum absolute atomic E-state index is 0.00493. The molecule has 1 aromatic rings. The average molecular weight is 403 g/mol. The number of carbonyl (C=O) groups excluding carboxylic acids is 4. The third kappa shape index (κ3) is 2.56. The highest BCUT2D eigenvalue weighted by Gasteiger charge is 2.50. The molecule has 0 radical (unpaired) electrons. The Labute approximate surface area is 164 Å². The summed E-state index contributed by atoms with van der Waals surface area (Å²) >= 11 is 0. The molecule has 1 aromatic carbocycles.